The van der Waals surface area contributed by atoms with Crippen LogP contribution >= 0.6 is 0 Å². The smallest absolute Gasteiger partial charge is 0.101 e. The van der Waals surface area contributed by atoms with E-state index in [1.807, 2.05) is 30.1 Å². The summed E-state index contributed by atoms with van der Waals surface area (Å²) in [4.78, 5) is 1.88. The number of ether oxygens (including phenoxy) is 1. The number of hydrogen-bond acceptors (Lipinski definition) is 5. The van der Waals surface area contributed by atoms with Gasteiger partial charge in [-0.05, 0) is 17.7 Å². The summed E-state index contributed by atoms with van der Waals surface area (Å²) in [6, 6.07) is 7.99. The van der Waals surface area contributed by atoms with E-state index >= 15 is 0 Å². The molecule has 0 unspecified atom stereocenters. The van der Waals surface area contributed by atoms with Crippen molar-refractivity contribution >= 4 is 5.69 Å². The molecule has 0 spiro atoms. The van der Waals surface area contributed by atoms with Gasteiger partial charge in [0.25, 0.3) is 0 Å². The van der Waals surface area contributed by atoms with Gasteiger partial charge in [0.05, 0.1) is 24.5 Å². The van der Waals surface area contributed by atoms with Crippen LogP contribution < -0.4 is 10.2 Å². The summed E-state index contributed by atoms with van der Waals surface area (Å²) < 4.78 is 4.96. The average molecular weight is 263 g/mol. The highest BCUT2D eigenvalue weighted by molar-refractivity contribution is 5.60. The number of nitriles is 1. The van der Waals surface area contributed by atoms with Crippen molar-refractivity contribution < 1.29 is 9.84 Å². The minimum atomic E-state index is 0.0711. The highest BCUT2D eigenvalue weighted by atomic mass is 16.5. The third-order valence-electron chi connectivity index (χ3n) is 2.84. The van der Waals surface area contributed by atoms with Crippen LogP contribution in [-0.2, 0) is 11.3 Å². The normalized spacial score (nSPS) is 10.2. The Hall–Kier alpha value is -1.61. The van der Waals surface area contributed by atoms with Gasteiger partial charge in [0.15, 0.2) is 0 Å². The second kappa shape index (κ2) is 8.48. The van der Waals surface area contributed by atoms with Gasteiger partial charge in [-0.1, -0.05) is 6.07 Å². The Morgan fingerprint density at radius 3 is 2.89 bits per heavy atom. The van der Waals surface area contributed by atoms with E-state index in [1.165, 1.54) is 0 Å². The second-order valence-electron chi connectivity index (χ2n) is 4.28. The van der Waals surface area contributed by atoms with Gasteiger partial charge in [0.2, 0.25) is 0 Å². The number of hydrogen-bond donors (Lipinski definition) is 2. The maximum Gasteiger partial charge on any atom is 0.101 e. The molecule has 0 amide bonds. The predicted octanol–water partition coefficient (Wildman–Crippen LogP) is 0.723. The molecule has 1 aromatic rings. The van der Waals surface area contributed by atoms with Crippen molar-refractivity contribution in [3.8, 4) is 6.07 Å². The molecule has 0 saturated carbocycles. The Morgan fingerprint density at radius 2 is 2.26 bits per heavy atom. The maximum atomic E-state index is 9.19. The Bertz CT molecular complexity index is 429. The van der Waals surface area contributed by atoms with Crippen LogP contribution in [0.2, 0.25) is 0 Å². The van der Waals surface area contributed by atoms with Crippen molar-refractivity contribution in [2.24, 2.45) is 0 Å². The van der Waals surface area contributed by atoms with Crippen LogP contribution in [-0.4, -0.2) is 45.6 Å². The zero-order valence-electron chi connectivity index (χ0n) is 11.5. The molecule has 0 aliphatic carbocycles. The van der Waals surface area contributed by atoms with E-state index < -0.39 is 0 Å². The summed E-state index contributed by atoms with van der Waals surface area (Å²) in [5.41, 5.74) is 2.54. The molecule has 0 aliphatic rings. The van der Waals surface area contributed by atoms with Crippen LogP contribution in [0.3, 0.4) is 0 Å². The highest BCUT2D eigenvalue weighted by Gasteiger charge is 2.07. The molecule has 104 valence electrons. The van der Waals surface area contributed by atoms with Crippen LogP contribution in [0.15, 0.2) is 18.2 Å². The molecular weight excluding hydrogens is 242 g/mol. The van der Waals surface area contributed by atoms with E-state index in [0.717, 1.165) is 17.8 Å². The fraction of sp³-hybridized carbons (Fsp3) is 0.500. The monoisotopic (exact) mass is 263 g/mol. The van der Waals surface area contributed by atoms with Gasteiger partial charge in [0, 0.05) is 33.8 Å². The summed E-state index contributed by atoms with van der Waals surface area (Å²) in [6.45, 7) is 2.75. The van der Waals surface area contributed by atoms with Gasteiger partial charge >= 0.3 is 0 Å². The number of nitrogens with one attached hydrogen (secondary N) is 1. The van der Waals surface area contributed by atoms with E-state index in [2.05, 4.69) is 11.4 Å². The molecule has 5 nitrogen and oxygen atoms in total. The molecule has 1 aromatic carbocycles. The number of methoxy groups -OCH3 is 1. The third-order valence-corrected chi connectivity index (χ3v) is 2.84. The fourth-order valence-corrected chi connectivity index (χ4v) is 1.79. The number of rotatable bonds is 8. The summed E-state index contributed by atoms with van der Waals surface area (Å²) in [5, 5.41) is 21.4. The first-order chi connectivity index (χ1) is 9.22. The van der Waals surface area contributed by atoms with E-state index in [1.54, 1.807) is 7.11 Å². The molecule has 0 saturated heterocycles. The number of nitrogens with zero attached hydrogens (tertiary/aromatic N) is 2. The minimum Gasteiger partial charge on any atom is -0.395 e. The Morgan fingerprint density at radius 1 is 1.47 bits per heavy atom. The average Bonchev–Trinajstić information content (AvgIpc) is 2.43. The van der Waals surface area contributed by atoms with Crippen molar-refractivity contribution in [3.63, 3.8) is 0 Å². The second-order valence-corrected chi connectivity index (χ2v) is 4.28. The van der Waals surface area contributed by atoms with Gasteiger partial charge in [-0.25, -0.2) is 0 Å². The molecular formula is C14H21N3O2. The standard InChI is InChI=1S/C14H21N3O2/c1-17(6-7-18)14-4-3-12(9-13(14)10-15)11-16-5-8-19-2/h3-4,9,16,18H,5-8,11H2,1-2H3. The van der Waals surface area contributed by atoms with Gasteiger partial charge in [-0.3, -0.25) is 0 Å². The first-order valence-corrected chi connectivity index (χ1v) is 6.27. The Balaban J connectivity index is 2.70. The van der Waals surface area contributed by atoms with Crippen molar-refractivity contribution in [2.45, 2.75) is 6.54 Å². The zero-order valence-corrected chi connectivity index (χ0v) is 11.5. The zero-order chi connectivity index (χ0) is 14.1. The van der Waals surface area contributed by atoms with Crippen LogP contribution in [0.1, 0.15) is 11.1 Å². The van der Waals surface area contributed by atoms with Gasteiger partial charge in [-0.2, -0.15) is 5.26 Å². The lowest BCUT2D eigenvalue weighted by Crippen LogP contribution is -2.22. The van der Waals surface area contributed by atoms with Crippen molar-refractivity contribution in [2.75, 3.05) is 45.4 Å². The van der Waals surface area contributed by atoms with Gasteiger partial charge in [0.1, 0.15) is 6.07 Å². The molecule has 0 aliphatic heterocycles. The largest absolute Gasteiger partial charge is 0.395 e. The molecule has 0 aromatic heterocycles. The van der Waals surface area contributed by atoms with E-state index in [0.29, 0.717) is 25.3 Å². The van der Waals surface area contributed by atoms with Crippen LogP contribution in [0.5, 0.6) is 0 Å². The molecule has 5 heteroatoms. The summed E-state index contributed by atoms with van der Waals surface area (Å²) in [7, 11) is 3.53. The van der Waals surface area contributed by atoms with Crippen molar-refractivity contribution in [1.82, 2.24) is 5.32 Å². The Kier molecular flexibility index (Phi) is 6.90. The first-order valence-electron chi connectivity index (χ1n) is 6.27. The van der Waals surface area contributed by atoms with Gasteiger partial charge in [-0.15, -0.1) is 0 Å². The molecule has 2 N–H and O–H groups in total. The van der Waals surface area contributed by atoms with E-state index in [9.17, 15) is 5.26 Å². The molecule has 1 rings (SSSR count). The minimum absolute atomic E-state index is 0.0711. The first kappa shape index (κ1) is 15.4. The SMILES string of the molecule is COCCNCc1ccc(N(C)CCO)c(C#N)c1. The summed E-state index contributed by atoms with van der Waals surface area (Å²) >= 11 is 0. The molecule has 19 heavy (non-hydrogen) atoms. The molecule has 0 fully saturated rings. The van der Waals surface area contributed by atoms with E-state index in [4.69, 9.17) is 9.84 Å². The van der Waals surface area contributed by atoms with Crippen molar-refractivity contribution in [1.29, 1.82) is 5.26 Å². The number of benzene rings is 1. The molecule has 0 bridgehead atoms. The highest BCUT2D eigenvalue weighted by Crippen LogP contribution is 2.20. The van der Waals surface area contributed by atoms with Crippen LogP contribution in [0, 0.1) is 11.3 Å². The lowest BCUT2D eigenvalue weighted by molar-refractivity contribution is 0.199. The number of aliphatic hydroxyl groups is 1. The van der Waals surface area contributed by atoms with Crippen LogP contribution in [0.25, 0.3) is 0 Å². The lowest BCUT2D eigenvalue weighted by atomic mass is 10.1. The molecule has 0 atom stereocenters. The molecule has 0 heterocycles. The topological polar surface area (TPSA) is 68.5 Å². The van der Waals surface area contributed by atoms with Crippen LogP contribution in [0.4, 0.5) is 5.69 Å². The van der Waals surface area contributed by atoms with Crippen molar-refractivity contribution in [3.05, 3.63) is 29.3 Å². The third kappa shape index (κ3) is 4.87. The van der Waals surface area contributed by atoms with Gasteiger partial charge < -0.3 is 20.1 Å². The fourth-order valence-electron chi connectivity index (χ4n) is 1.79. The number of aliphatic hydroxyl groups excluding tert-OH is 1. The predicted molar refractivity (Wildman–Crippen MR) is 75.1 cm³/mol. The quantitative estimate of drug-likeness (QED) is 0.677. The van der Waals surface area contributed by atoms with E-state index in [-0.39, 0.29) is 6.61 Å². The Labute approximate surface area is 114 Å². The maximum absolute atomic E-state index is 9.19. The summed E-state index contributed by atoms with van der Waals surface area (Å²) in [5.74, 6) is 0. The number of anilines is 1. The summed E-state index contributed by atoms with van der Waals surface area (Å²) in [6.07, 6.45) is 0. The number of likely N-dealkylation sites (N-methyl/N-ethyl adjacent to an activating group) is 1. The lowest BCUT2D eigenvalue weighted by Gasteiger charge is -2.19. The molecule has 0 radical (unpaired) electrons.